The standard InChI is InChI=1S/C21H26N8O5/c1-23-18(31)11-7-25-29(8-11)20-26-16(22)13-17(27-20)28(10-24-13)19-15-14(12(9-30)32-19)33-21(34-15)5-3-2-4-6-21/h7-8,10,12,14-15,19,30H,2-6,9H2,1H3,(H,23,31)(H2,22,26,27)/t12-,14+,15?,19-/m1/s1. The maximum Gasteiger partial charge on any atom is 0.254 e. The first-order valence-corrected chi connectivity index (χ1v) is 11.4. The van der Waals surface area contributed by atoms with Gasteiger partial charge in [0.15, 0.2) is 23.5 Å². The van der Waals surface area contributed by atoms with Crippen LogP contribution in [0.15, 0.2) is 18.7 Å². The van der Waals surface area contributed by atoms with E-state index >= 15 is 0 Å². The molecule has 1 amide bonds. The number of rotatable bonds is 4. The molecule has 0 bridgehead atoms. The van der Waals surface area contributed by atoms with Gasteiger partial charge in [0.05, 0.1) is 24.7 Å². The Kier molecular flexibility index (Phi) is 5.02. The van der Waals surface area contributed by atoms with Gasteiger partial charge in [-0.05, 0) is 12.8 Å². The van der Waals surface area contributed by atoms with Crippen molar-refractivity contribution in [1.29, 1.82) is 0 Å². The van der Waals surface area contributed by atoms with Gasteiger partial charge in [-0.25, -0.2) is 9.67 Å². The van der Waals surface area contributed by atoms with Crippen LogP contribution in [0.2, 0.25) is 0 Å². The average Bonchev–Trinajstić information content (AvgIpc) is 3.62. The molecular weight excluding hydrogens is 444 g/mol. The zero-order valence-electron chi connectivity index (χ0n) is 18.6. The minimum absolute atomic E-state index is 0.163. The lowest BCUT2D eigenvalue weighted by Gasteiger charge is -2.34. The number of nitrogen functional groups attached to an aromatic ring is 1. The fraction of sp³-hybridized carbons (Fsp3) is 0.571. The predicted octanol–water partition coefficient (Wildman–Crippen LogP) is 0.288. The molecule has 4 atom stereocenters. The molecule has 2 aliphatic heterocycles. The second kappa shape index (κ2) is 7.98. The summed E-state index contributed by atoms with van der Waals surface area (Å²) in [4.78, 5) is 25.2. The Bertz CT molecular complexity index is 1240. The number of hydrogen-bond donors (Lipinski definition) is 3. The summed E-state index contributed by atoms with van der Waals surface area (Å²) in [5, 5.41) is 16.7. The largest absolute Gasteiger partial charge is 0.394 e. The average molecular weight is 470 g/mol. The number of carbonyl (C=O) groups excluding carboxylic acids is 1. The zero-order chi connectivity index (χ0) is 23.4. The van der Waals surface area contributed by atoms with E-state index in [4.69, 9.17) is 19.9 Å². The maximum atomic E-state index is 11.9. The minimum Gasteiger partial charge on any atom is -0.394 e. The molecule has 5 heterocycles. The smallest absolute Gasteiger partial charge is 0.254 e. The molecule has 6 rings (SSSR count). The second-order valence-electron chi connectivity index (χ2n) is 8.87. The number of imidazole rings is 1. The van der Waals surface area contributed by atoms with Gasteiger partial charge in [-0.15, -0.1) is 0 Å². The predicted molar refractivity (Wildman–Crippen MR) is 117 cm³/mol. The number of nitrogens with two attached hydrogens (primary N) is 1. The topological polar surface area (TPSA) is 164 Å². The third-order valence-electron chi connectivity index (χ3n) is 6.77. The highest BCUT2D eigenvalue weighted by Gasteiger charge is 2.58. The van der Waals surface area contributed by atoms with Crippen LogP contribution in [0.3, 0.4) is 0 Å². The highest BCUT2D eigenvalue weighted by molar-refractivity contribution is 5.93. The van der Waals surface area contributed by atoms with Crippen LogP contribution in [0.5, 0.6) is 0 Å². The van der Waals surface area contributed by atoms with Crippen molar-refractivity contribution < 1.29 is 24.1 Å². The molecule has 1 unspecified atom stereocenters. The quantitative estimate of drug-likeness (QED) is 0.482. The number of carbonyl (C=O) groups is 1. The Hall–Kier alpha value is -3.13. The SMILES string of the molecule is CNC(=O)c1cnn(-c2nc(N)c3ncn([C@@H]4O[C@H](CO)[C@@H]5OC6(CCCCC6)OC54)c3n2)c1. The first kappa shape index (κ1) is 21.4. The van der Waals surface area contributed by atoms with Gasteiger partial charge < -0.3 is 30.4 Å². The van der Waals surface area contributed by atoms with E-state index in [-0.39, 0.29) is 24.3 Å². The van der Waals surface area contributed by atoms with Crippen molar-refractivity contribution in [2.45, 2.75) is 62.4 Å². The van der Waals surface area contributed by atoms with Gasteiger partial charge in [-0.2, -0.15) is 15.1 Å². The van der Waals surface area contributed by atoms with E-state index in [1.54, 1.807) is 17.9 Å². The Morgan fingerprint density at radius 2 is 2.06 bits per heavy atom. The molecule has 34 heavy (non-hydrogen) atoms. The molecule has 1 saturated carbocycles. The Morgan fingerprint density at radius 3 is 2.82 bits per heavy atom. The number of anilines is 1. The summed E-state index contributed by atoms with van der Waals surface area (Å²) in [6, 6.07) is 0. The number of hydrogen-bond acceptors (Lipinski definition) is 10. The van der Waals surface area contributed by atoms with Crippen molar-refractivity contribution in [2.24, 2.45) is 0 Å². The van der Waals surface area contributed by atoms with Crippen LogP contribution >= 0.6 is 0 Å². The normalized spacial score (nSPS) is 27.9. The van der Waals surface area contributed by atoms with Gasteiger partial charge in [-0.3, -0.25) is 9.36 Å². The number of nitrogens with zero attached hydrogens (tertiary/aromatic N) is 6. The fourth-order valence-corrected chi connectivity index (χ4v) is 5.11. The number of ether oxygens (including phenoxy) is 3. The summed E-state index contributed by atoms with van der Waals surface area (Å²) in [5.74, 6) is -0.566. The van der Waals surface area contributed by atoms with E-state index in [9.17, 15) is 9.90 Å². The first-order valence-electron chi connectivity index (χ1n) is 11.4. The van der Waals surface area contributed by atoms with E-state index in [1.165, 1.54) is 17.1 Å². The first-order chi connectivity index (χ1) is 16.5. The van der Waals surface area contributed by atoms with Gasteiger partial charge in [-0.1, -0.05) is 6.42 Å². The van der Waals surface area contributed by atoms with Crippen molar-refractivity contribution >= 4 is 22.9 Å². The highest BCUT2D eigenvalue weighted by Crippen LogP contribution is 2.48. The molecule has 0 radical (unpaired) electrons. The number of fused-ring (bicyclic) bond motifs is 2. The van der Waals surface area contributed by atoms with Crippen LogP contribution < -0.4 is 11.1 Å². The van der Waals surface area contributed by atoms with Gasteiger partial charge in [0, 0.05) is 26.1 Å². The van der Waals surface area contributed by atoms with Crippen molar-refractivity contribution in [2.75, 3.05) is 19.4 Å². The minimum atomic E-state index is -0.635. The Labute approximate surface area is 194 Å². The molecule has 3 aliphatic rings. The number of aromatic nitrogens is 6. The molecule has 1 spiro atoms. The zero-order valence-corrected chi connectivity index (χ0v) is 18.6. The van der Waals surface area contributed by atoms with Crippen LogP contribution in [0.1, 0.15) is 48.7 Å². The third-order valence-corrected chi connectivity index (χ3v) is 6.77. The van der Waals surface area contributed by atoms with E-state index in [0.29, 0.717) is 16.7 Å². The summed E-state index contributed by atoms with van der Waals surface area (Å²) >= 11 is 0. The molecule has 3 aromatic rings. The van der Waals surface area contributed by atoms with Gasteiger partial charge in [0.1, 0.15) is 23.8 Å². The van der Waals surface area contributed by atoms with Crippen LogP contribution in [-0.2, 0) is 14.2 Å². The lowest BCUT2D eigenvalue weighted by molar-refractivity contribution is -0.232. The Morgan fingerprint density at radius 1 is 1.26 bits per heavy atom. The van der Waals surface area contributed by atoms with Crippen molar-refractivity contribution in [1.82, 2.24) is 34.6 Å². The summed E-state index contributed by atoms with van der Waals surface area (Å²) in [6.07, 6.45) is 7.42. The van der Waals surface area contributed by atoms with Crippen molar-refractivity contribution in [3.63, 3.8) is 0 Å². The molecule has 4 N–H and O–H groups in total. The highest BCUT2D eigenvalue weighted by atomic mass is 16.8. The van der Waals surface area contributed by atoms with Crippen molar-refractivity contribution in [3.8, 4) is 5.95 Å². The lowest BCUT2D eigenvalue weighted by atomic mass is 9.94. The molecular formula is C21H26N8O5. The molecule has 13 nitrogen and oxygen atoms in total. The van der Waals surface area contributed by atoms with Crippen LogP contribution in [0, 0.1) is 0 Å². The molecule has 2 saturated heterocycles. The number of nitrogens with one attached hydrogen (secondary N) is 1. The fourth-order valence-electron chi connectivity index (χ4n) is 5.11. The molecule has 180 valence electrons. The molecule has 3 aromatic heterocycles. The second-order valence-corrected chi connectivity index (χ2v) is 8.87. The van der Waals surface area contributed by atoms with Gasteiger partial charge in [0.2, 0.25) is 0 Å². The maximum absolute atomic E-state index is 11.9. The monoisotopic (exact) mass is 470 g/mol. The third kappa shape index (κ3) is 3.27. The van der Waals surface area contributed by atoms with Gasteiger partial charge >= 0.3 is 0 Å². The molecule has 3 fully saturated rings. The number of aliphatic hydroxyl groups is 1. The van der Waals surface area contributed by atoms with Crippen LogP contribution in [0.4, 0.5) is 5.82 Å². The molecule has 13 heteroatoms. The summed E-state index contributed by atoms with van der Waals surface area (Å²) < 4.78 is 22.1. The van der Waals surface area contributed by atoms with E-state index in [1.807, 2.05) is 0 Å². The van der Waals surface area contributed by atoms with Crippen molar-refractivity contribution in [3.05, 3.63) is 24.3 Å². The van der Waals surface area contributed by atoms with E-state index in [0.717, 1.165) is 32.1 Å². The molecule has 0 aromatic carbocycles. The van der Waals surface area contributed by atoms with E-state index in [2.05, 4.69) is 25.4 Å². The molecule has 1 aliphatic carbocycles. The summed E-state index contributed by atoms with van der Waals surface area (Å²) in [5.41, 5.74) is 7.38. The van der Waals surface area contributed by atoms with Crippen LogP contribution in [-0.4, -0.2) is 78.1 Å². The lowest BCUT2D eigenvalue weighted by Crippen LogP contribution is -2.37. The van der Waals surface area contributed by atoms with Gasteiger partial charge in [0.25, 0.3) is 11.9 Å². The summed E-state index contributed by atoms with van der Waals surface area (Å²) in [7, 11) is 1.54. The summed E-state index contributed by atoms with van der Waals surface area (Å²) in [6.45, 7) is -0.193. The van der Waals surface area contributed by atoms with E-state index < -0.39 is 30.3 Å². The Balaban J connectivity index is 1.38. The number of amides is 1. The number of aliphatic hydroxyl groups excluding tert-OH is 1. The van der Waals surface area contributed by atoms with Crippen LogP contribution in [0.25, 0.3) is 17.1 Å².